The smallest absolute Gasteiger partial charge is 0.313 e. The largest absolute Gasteiger partial charge is 0.481 e. The van der Waals surface area contributed by atoms with Gasteiger partial charge in [0.1, 0.15) is 5.82 Å². The first kappa shape index (κ1) is 14.6. The van der Waals surface area contributed by atoms with E-state index >= 15 is 0 Å². The van der Waals surface area contributed by atoms with Crippen LogP contribution in [0.25, 0.3) is 5.69 Å². The Balaban J connectivity index is 2.50. The number of nitrogens with zero attached hydrogens (tertiary/aromatic N) is 2. The number of halogens is 1. The lowest BCUT2D eigenvalue weighted by atomic mass is 10.1. The summed E-state index contributed by atoms with van der Waals surface area (Å²) in [6.07, 6.45) is 1.67. The summed E-state index contributed by atoms with van der Waals surface area (Å²) in [6.45, 7) is 3.97. The summed E-state index contributed by atoms with van der Waals surface area (Å²) < 4.78 is 15.7. The van der Waals surface area contributed by atoms with Gasteiger partial charge < -0.3 is 5.11 Å². The number of aliphatic carboxylic acids is 1. The Kier molecular flexibility index (Phi) is 4.44. The Hall–Kier alpha value is -1.82. The molecule has 1 heterocycles. The van der Waals surface area contributed by atoms with Crippen LogP contribution in [0, 0.1) is 5.82 Å². The SMILES string of the molecule is CC(C)c1cnc(SCC(=O)O)n1-c1ccccc1F. The number of carboxylic acid groups (broad SMARTS) is 1. The van der Waals surface area contributed by atoms with Crippen LogP contribution in [0.2, 0.25) is 0 Å². The van der Waals surface area contributed by atoms with E-state index in [4.69, 9.17) is 5.11 Å². The third kappa shape index (κ3) is 3.01. The van der Waals surface area contributed by atoms with Crippen molar-refractivity contribution in [3.63, 3.8) is 0 Å². The second-order valence-corrected chi connectivity index (χ2v) is 5.53. The summed E-state index contributed by atoms with van der Waals surface area (Å²) in [5.74, 6) is -1.24. The van der Waals surface area contributed by atoms with Crippen LogP contribution < -0.4 is 0 Å². The molecule has 1 N–H and O–H groups in total. The minimum atomic E-state index is -0.927. The summed E-state index contributed by atoms with van der Waals surface area (Å²) >= 11 is 1.08. The highest BCUT2D eigenvalue weighted by molar-refractivity contribution is 7.99. The molecule has 2 rings (SSSR count). The molecule has 1 aromatic carbocycles. The van der Waals surface area contributed by atoms with E-state index in [0.717, 1.165) is 17.5 Å². The molecule has 2 aromatic rings. The summed E-state index contributed by atoms with van der Waals surface area (Å²) in [4.78, 5) is 14.9. The predicted octanol–water partition coefficient (Wildman–Crippen LogP) is 3.31. The molecule has 0 amide bonds. The first-order valence-corrected chi connectivity index (χ1v) is 7.16. The maximum Gasteiger partial charge on any atom is 0.313 e. The first-order valence-electron chi connectivity index (χ1n) is 6.18. The Labute approximate surface area is 120 Å². The number of para-hydroxylation sites is 1. The molecule has 0 unspecified atom stereocenters. The molecule has 0 saturated heterocycles. The molecule has 4 nitrogen and oxygen atoms in total. The Morgan fingerprint density at radius 1 is 1.45 bits per heavy atom. The van der Waals surface area contributed by atoms with Gasteiger partial charge in [0, 0.05) is 5.69 Å². The number of rotatable bonds is 5. The fraction of sp³-hybridized carbons (Fsp3) is 0.286. The highest BCUT2D eigenvalue weighted by atomic mass is 32.2. The van der Waals surface area contributed by atoms with Crippen molar-refractivity contribution in [1.82, 2.24) is 9.55 Å². The van der Waals surface area contributed by atoms with Gasteiger partial charge in [0.2, 0.25) is 0 Å². The van der Waals surface area contributed by atoms with Crippen LogP contribution in [0.5, 0.6) is 0 Å². The Morgan fingerprint density at radius 2 is 2.15 bits per heavy atom. The average molecular weight is 294 g/mol. The third-order valence-corrected chi connectivity index (χ3v) is 3.70. The summed E-state index contributed by atoms with van der Waals surface area (Å²) in [7, 11) is 0. The minimum Gasteiger partial charge on any atom is -0.481 e. The summed E-state index contributed by atoms with van der Waals surface area (Å²) in [5.41, 5.74) is 1.24. The number of thioether (sulfide) groups is 1. The number of carbonyl (C=O) groups is 1. The molecule has 0 bridgehead atoms. The lowest BCUT2D eigenvalue weighted by molar-refractivity contribution is -0.133. The van der Waals surface area contributed by atoms with Crippen molar-refractivity contribution < 1.29 is 14.3 Å². The Bertz CT molecular complexity index is 625. The maximum atomic E-state index is 14.0. The van der Waals surface area contributed by atoms with Gasteiger partial charge in [-0.1, -0.05) is 37.7 Å². The van der Waals surface area contributed by atoms with Gasteiger partial charge in [0.15, 0.2) is 5.16 Å². The van der Waals surface area contributed by atoms with Crippen molar-refractivity contribution in [3.05, 3.63) is 42.0 Å². The quantitative estimate of drug-likeness (QED) is 0.860. The molecule has 0 saturated carbocycles. The molecule has 0 radical (unpaired) electrons. The van der Waals surface area contributed by atoms with Gasteiger partial charge in [0.25, 0.3) is 0 Å². The van der Waals surface area contributed by atoms with E-state index in [2.05, 4.69) is 4.98 Å². The number of hydrogen-bond donors (Lipinski definition) is 1. The van der Waals surface area contributed by atoms with Crippen LogP contribution >= 0.6 is 11.8 Å². The molecular weight excluding hydrogens is 279 g/mol. The minimum absolute atomic E-state index is 0.108. The molecule has 106 valence electrons. The van der Waals surface area contributed by atoms with E-state index in [0.29, 0.717) is 10.8 Å². The molecule has 0 aliphatic carbocycles. The summed E-state index contributed by atoms with van der Waals surface area (Å²) in [6, 6.07) is 6.40. The van der Waals surface area contributed by atoms with E-state index in [1.165, 1.54) is 6.07 Å². The molecule has 1 aromatic heterocycles. The van der Waals surface area contributed by atoms with Crippen LogP contribution in [0.4, 0.5) is 4.39 Å². The van der Waals surface area contributed by atoms with Crippen molar-refractivity contribution in [3.8, 4) is 5.69 Å². The molecule has 0 aliphatic rings. The topological polar surface area (TPSA) is 55.1 Å². The van der Waals surface area contributed by atoms with Gasteiger partial charge >= 0.3 is 5.97 Å². The second kappa shape index (κ2) is 6.09. The van der Waals surface area contributed by atoms with Gasteiger partial charge in [-0.25, -0.2) is 9.37 Å². The molecule has 0 fully saturated rings. The van der Waals surface area contributed by atoms with Crippen molar-refractivity contribution in [1.29, 1.82) is 0 Å². The highest BCUT2D eigenvalue weighted by Gasteiger charge is 2.17. The van der Waals surface area contributed by atoms with Gasteiger partial charge in [-0.2, -0.15) is 0 Å². The van der Waals surface area contributed by atoms with E-state index in [-0.39, 0.29) is 17.5 Å². The predicted molar refractivity (Wildman–Crippen MR) is 76.0 cm³/mol. The highest BCUT2D eigenvalue weighted by Crippen LogP contribution is 2.28. The second-order valence-electron chi connectivity index (χ2n) is 4.59. The average Bonchev–Trinajstić information content (AvgIpc) is 2.80. The van der Waals surface area contributed by atoms with E-state index in [9.17, 15) is 9.18 Å². The van der Waals surface area contributed by atoms with Crippen molar-refractivity contribution in [2.45, 2.75) is 24.9 Å². The third-order valence-electron chi connectivity index (χ3n) is 2.77. The standard InChI is InChI=1S/C14H15FN2O2S/c1-9(2)12-7-16-14(20-8-13(18)19)17(12)11-6-4-3-5-10(11)15/h3-7,9H,8H2,1-2H3,(H,18,19). The van der Waals surface area contributed by atoms with Crippen LogP contribution in [0.3, 0.4) is 0 Å². The number of benzene rings is 1. The molecule has 6 heteroatoms. The number of aromatic nitrogens is 2. The van der Waals surface area contributed by atoms with E-state index in [1.807, 2.05) is 13.8 Å². The Morgan fingerprint density at radius 3 is 2.75 bits per heavy atom. The molecule has 0 aliphatic heterocycles. The lowest BCUT2D eigenvalue weighted by Crippen LogP contribution is -2.07. The van der Waals surface area contributed by atoms with Gasteiger partial charge in [0.05, 0.1) is 17.6 Å². The zero-order chi connectivity index (χ0) is 14.7. The van der Waals surface area contributed by atoms with Gasteiger partial charge in [-0.05, 0) is 18.1 Å². The normalized spacial score (nSPS) is 11.0. The van der Waals surface area contributed by atoms with Crippen molar-refractivity contribution in [2.75, 3.05) is 5.75 Å². The van der Waals surface area contributed by atoms with Crippen molar-refractivity contribution in [2.24, 2.45) is 0 Å². The molecule has 0 atom stereocenters. The van der Waals surface area contributed by atoms with Crippen molar-refractivity contribution >= 4 is 17.7 Å². The number of hydrogen-bond acceptors (Lipinski definition) is 3. The zero-order valence-electron chi connectivity index (χ0n) is 11.2. The van der Waals surface area contributed by atoms with Crippen LogP contribution in [-0.2, 0) is 4.79 Å². The van der Waals surface area contributed by atoms with Crippen LogP contribution in [-0.4, -0.2) is 26.4 Å². The fourth-order valence-electron chi connectivity index (χ4n) is 1.86. The van der Waals surface area contributed by atoms with Crippen LogP contribution in [0.1, 0.15) is 25.5 Å². The monoisotopic (exact) mass is 294 g/mol. The van der Waals surface area contributed by atoms with Gasteiger partial charge in [-0.15, -0.1) is 0 Å². The number of imidazole rings is 1. The number of carboxylic acids is 1. The zero-order valence-corrected chi connectivity index (χ0v) is 12.0. The summed E-state index contributed by atoms with van der Waals surface area (Å²) in [5, 5.41) is 9.26. The lowest BCUT2D eigenvalue weighted by Gasteiger charge is -2.14. The fourth-order valence-corrected chi connectivity index (χ4v) is 2.57. The maximum absolute atomic E-state index is 14.0. The molecule has 20 heavy (non-hydrogen) atoms. The van der Waals surface area contributed by atoms with Gasteiger partial charge in [-0.3, -0.25) is 9.36 Å². The van der Waals surface area contributed by atoms with E-state index < -0.39 is 5.97 Å². The molecule has 0 spiro atoms. The first-order chi connectivity index (χ1) is 9.50. The van der Waals surface area contributed by atoms with Crippen LogP contribution in [0.15, 0.2) is 35.6 Å². The molecular formula is C14H15FN2O2S. The van der Waals surface area contributed by atoms with E-state index in [1.54, 1.807) is 29.0 Å².